The molecule has 1 N–H and O–H groups in total. The van der Waals surface area contributed by atoms with Crippen LogP contribution >= 0.6 is 11.3 Å². The quantitative estimate of drug-likeness (QED) is 0.904. The van der Waals surface area contributed by atoms with Crippen molar-refractivity contribution in [3.05, 3.63) is 35.2 Å². The van der Waals surface area contributed by atoms with Crippen molar-refractivity contribution in [3.63, 3.8) is 0 Å². The van der Waals surface area contributed by atoms with Crippen LogP contribution in [0.25, 0.3) is 10.4 Å². The molecular weight excluding hydrogens is 236 g/mol. The molecule has 86 valence electrons. The fraction of sp³-hybridized carbons (Fsp3) is 0.250. The van der Waals surface area contributed by atoms with Crippen LogP contribution in [0.5, 0.6) is 0 Å². The SMILES string of the molecule is O=C(O)c1ccc(-c2cnc(C3CC3)nc2)s1. The zero-order valence-electron chi connectivity index (χ0n) is 8.96. The Labute approximate surface area is 102 Å². The van der Waals surface area contributed by atoms with Gasteiger partial charge in [-0.25, -0.2) is 14.8 Å². The Balaban J connectivity index is 1.88. The summed E-state index contributed by atoms with van der Waals surface area (Å²) in [6.45, 7) is 0. The smallest absolute Gasteiger partial charge is 0.345 e. The Hall–Kier alpha value is -1.75. The van der Waals surface area contributed by atoms with E-state index in [-0.39, 0.29) is 0 Å². The molecule has 1 fully saturated rings. The van der Waals surface area contributed by atoms with Crippen molar-refractivity contribution in [2.45, 2.75) is 18.8 Å². The maximum atomic E-state index is 10.8. The summed E-state index contributed by atoms with van der Waals surface area (Å²) in [5.41, 5.74) is 0.881. The van der Waals surface area contributed by atoms with Gasteiger partial charge in [0, 0.05) is 28.8 Å². The number of carboxylic acid groups (broad SMARTS) is 1. The highest BCUT2D eigenvalue weighted by molar-refractivity contribution is 7.17. The number of aromatic carboxylic acids is 1. The van der Waals surface area contributed by atoms with Crippen molar-refractivity contribution in [2.24, 2.45) is 0 Å². The highest BCUT2D eigenvalue weighted by atomic mass is 32.1. The minimum atomic E-state index is -0.892. The first kappa shape index (κ1) is 10.4. The van der Waals surface area contributed by atoms with Crippen LogP contribution in [0, 0.1) is 0 Å². The lowest BCUT2D eigenvalue weighted by atomic mass is 10.2. The summed E-state index contributed by atoms with van der Waals surface area (Å²) >= 11 is 1.24. The Bertz CT molecular complexity index is 558. The minimum Gasteiger partial charge on any atom is -0.477 e. The van der Waals surface area contributed by atoms with Gasteiger partial charge in [-0.1, -0.05) is 0 Å². The standard InChI is InChI=1S/C12H10N2O2S/c15-12(16)10-4-3-9(17-10)8-5-13-11(14-6-8)7-1-2-7/h3-7H,1-2H2,(H,15,16). The van der Waals surface area contributed by atoms with E-state index in [4.69, 9.17) is 5.11 Å². The predicted molar refractivity (Wildman–Crippen MR) is 64.3 cm³/mol. The van der Waals surface area contributed by atoms with Crippen molar-refractivity contribution in [2.75, 3.05) is 0 Å². The van der Waals surface area contributed by atoms with Crippen LogP contribution in [0.2, 0.25) is 0 Å². The molecule has 0 saturated heterocycles. The number of hydrogen-bond acceptors (Lipinski definition) is 4. The zero-order valence-corrected chi connectivity index (χ0v) is 9.78. The molecule has 0 radical (unpaired) electrons. The van der Waals surface area contributed by atoms with E-state index < -0.39 is 5.97 Å². The molecule has 0 bridgehead atoms. The van der Waals surface area contributed by atoms with Crippen molar-refractivity contribution in [1.82, 2.24) is 9.97 Å². The number of thiophene rings is 1. The maximum Gasteiger partial charge on any atom is 0.345 e. The molecule has 1 saturated carbocycles. The fourth-order valence-electron chi connectivity index (χ4n) is 1.63. The Morgan fingerprint density at radius 3 is 2.53 bits per heavy atom. The number of carbonyl (C=O) groups is 1. The molecule has 0 amide bonds. The van der Waals surface area contributed by atoms with Gasteiger partial charge in [0.15, 0.2) is 0 Å². The first-order chi connectivity index (χ1) is 8.24. The monoisotopic (exact) mass is 246 g/mol. The molecule has 1 aliphatic carbocycles. The molecule has 5 heteroatoms. The highest BCUT2D eigenvalue weighted by Gasteiger charge is 2.26. The number of aromatic nitrogens is 2. The Kier molecular flexibility index (Phi) is 2.40. The van der Waals surface area contributed by atoms with Crippen LogP contribution in [-0.2, 0) is 0 Å². The second-order valence-corrected chi connectivity index (χ2v) is 5.16. The second kappa shape index (κ2) is 3.92. The van der Waals surface area contributed by atoms with Gasteiger partial charge in [-0.2, -0.15) is 0 Å². The normalized spacial score (nSPS) is 14.8. The van der Waals surface area contributed by atoms with Gasteiger partial charge < -0.3 is 5.11 Å². The van der Waals surface area contributed by atoms with Crippen LogP contribution in [-0.4, -0.2) is 21.0 Å². The lowest BCUT2D eigenvalue weighted by molar-refractivity contribution is 0.0702. The van der Waals surface area contributed by atoms with E-state index in [1.807, 2.05) is 0 Å². The lowest BCUT2D eigenvalue weighted by Gasteiger charge is -1.98. The molecule has 0 aliphatic heterocycles. The topological polar surface area (TPSA) is 63.1 Å². The number of nitrogens with zero attached hydrogens (tertiary/aromatic N) is 2. The molecule has 1 aliphatic rings. The Morgan fingerprint density at radius 2 is 2.00 bits per heavy atom. The van der Waals surface area contributed by atoms with Gasteiger partial charge in [-0.15, -0.1) is 11.3 Å². The average Bonchev–Trinajstić information content (AvgIpc) is 3.06. The number of rotatable bonds is 3. The lowest BCUT2D eigenvalue weighted by Crippen LogP contribution is -1.91. The number of carboxylic acids is 1. The van der Waals surface area contributed by atoms with E-state index in [0.717, 1.165) is 16.3 Å². The van der Waals surface area contributed by atoms with Crippen molar-refractivity contribution < 1.29 is 9.90 Å². The van der Waals surface area contributed by atoms with Gasteiger partial charge in [0.05, 0.1) is 0 Å². The van der Waals surface area contributed by atoms with Gasteiger partial charge >= 0.3 is 5.97 Å². The minimum absolute atomic E-state index is 0.339. The third kappa shape index (κ3) is 2.06. The molecule has 0 spiro atoms. The molecule has 0 atom stereocenters. The molecule has 0 unspecified atom stereocenters. The second-order valence-electron chi connectivity index (χ2n) is 4.07. The van der Waals surface area contributed by atoms with Gasteiger partial charge in [0.1, 0.15) is 10.7 Å². The van der Waals surface area contributed by atoms with Gasteiger partial charge in [-0.05, 0) is 25.0 Å². The third-order valence-electron chi connectivity index (χ3n) is 2.72. The molecule has 2 aromatic heterocycles. The van der Waals surface area contributed by atoms with E-state index in [1.165, 1.54) is 24.2 Å². The van der Waals surface area contributed by atoms with Gasteiger partial charge in [0.25, 0.3) is 0 Å². The summed E-state index contributed by atoms with van der Waals surface area (Å²) in [5, 5.41) is 8.85. The van der Waals surface area contributed by atoms with Gasteiger partial charge in [0.2, 0.25) is 0 Å². The summed E-state index contributed by atoms with van der Waals surface area (Å²) in [6, 6.07) is 3.40. The fourth-order valence-corrected chi connectivity index (χ4v) is 2.45. The summed E-state index contributed by atoms with van der Waals surface area (Å²) in [4.78, 5) is 20.6. The van der Waals surface area contributed by atoms with Crippen molar-refractivity contribution >= 4 is 17.3 Å². The van der Waals surface area contributed by atoms with E-state index in [9.17, 15) is 4.79 Å². The molecule has 3 rings (SSSR count). The highest BCUT2D eigenvalue weighted by Crippen LogP contribution is 2.38. The largest absolute Gasteiger partial charge is 0.477 e. The maximum absolute atomic E-state index is 10.8. The summed E-state index contributed by atoms with van der Waals surface area (Å²) in [6.07, 6.45) is 5.92. The van der Waals surface area contributed by atoms with Crippen LogP contribution in [0.3, 0.4) is 0 Å². The summed E-state index contributed by atoms with van der Waals surface area (Å²) in [5.74, 6) is 0.558. The zero-order chi connectivity index (χ0) is 11.8. The van der Waals surface area contributed by atoms with E-state index in [0.29, 0.717) is 10.8 Å². The molecule has 2 aromatic rings. The van der Waals surface area contributed by atoms with E-state index in [2.05, 4.69) is 9.97 Å². The van der Waals surface area contributed by atoms with Gasteiger partial charge in [-0.3, -0.25) is 0 Å². The molecule has 0 aromatic carbocycles. The van der Waals surface area contributed by atoms with Crippen molar-refractivity contribution in [3.8, 4) is 10.4 Å². The number of hydrogen-bond donors (Lipinski definition) is 1. The van der Waals surface area contributed by atoms with Crippen LogP contribution in [0.1, 0.15) is 34.3 Å². The van der Waals surface area contributed by atoms with E-state index >= 15 is 0 Å². The predicted octanol–water partition coefficient (Wildman–Crippen LogP) is 2.78. The van der Waals surface area contributed by atoms with Crippen LogP contribution in [0.4, 0.5) is 0 Å². The van der Waals surface area contributed by atoms with Crippen LogP contribution in [0.15, 0.2) is 24.5 Å². The average molecular weight is 246 g/mol. The Morgan fingerprint density at radius 1 is 1.29 bits per heavy atom. The van der Waals surface area contributed by atoms with Crippen molar-refractivity contribution in [1.29, 1.82) is 0 Å². The third-order valence-corrected chi connectivity index (χ3v) is 3.84. The molecular formula is C12H10N2O2S. The first-order valence-corrected chi connectivity index (χ1v) is 6.21. The van der Waals surface area contributed by atoms with Crippen LogP contribution < -0.4 is 0 Å². The van der Waals surface area contributed by atoms with E-state index in [1.54, 1.807) is 24.5 Å². The summed E-state index contributed by atoms with van der Waals surface area (Å²) in [7, 11) is 0. The summed E-state index contributed by atoms with van der Waals surface area (Å²) < 4.78 is 0. The molecule has 4 nitrogen and oxygen atoms in total. The molecule has 17 heavy (non-hydrogen) atoms. The molecule has 2 heterocycles. The first-order valence-electron chi connectivity index (χ1n) is 5.39.